The number of amides is 1. The number of rotatable bonds is 6. The maximum atomic E-state index is 13.2. The minimum Gasteiger partial charge on any atom is -0.497 e. The third-order valence-corrected chi connectivity index (χ3v) is 3.74. The second kappa shape index (κ2) is 7.88. The van der Waals surface area contributed by atoms with E-state index in [-0.39, 0.29) is 11.6 Å². The predicted octanol–water partition coefficient (Wildman–Crippen LogP) is 3.01. The summed E-state index contributed by atoms with van der Waals surface area (Å²) in [5.41, 5.74) is 1.06. The highest BCUT2D eigenvalue weighted by Crippen LogP contribution is 2.22. The van der Waals surface area contributed by atoms with Crippen molar-refractivity contribution in [3.8, 4) is 5.75 Å². The van der Waals surface area contributed by atoms with Crippen LogP contribution < -0.4 is 10.1 Å². The smallest absolute Gasteiger partial charge is 0.251 e. The molecule has 1 unspecified atom stereocenters. The molecule has 128 valence electrons. The fraction of sp³-hybridized carbons (Fsp3) is 0.278. The number of likely N-dealkylation sites (N-methyl/N-ethyl adjacent to an activating group) is 1. The topological polar surface area (TPSA) is 41.6 Å². The summed E-state index contributed by atoms with van der Waals surface area (Å²) in [5.74, 6) is -1.75. The average Bonchev–Trinajstić information content (AvgIpc) is 2.57. The van der Waals surface area contributed by atoms with Gasteiger partial charge in [0.2, 0.25) is 0 Å². The van der Waals surface area contributed by atoms with Gasteiger partial charge in [-0.2, -0.15) is 0 Å². The molecule has 1 amide bonds. The van der Waals surface area contributed by atoms with Crippen molar-refractivity contribution in [2.45, 2.75) is 6.04 Å². The quantitative estimate of drug-likeness (QED) is 0.883. The van der Waals surface area contributed by atoms with E-state index in [4.69, 9.17) is 4.74 Å². The van der Waals surface area contributed by atoms with Crippen molar-refractivity contribution in [3.63, 3.8) is 0 Å². The average molecular weight is 334 g/mol. The van der Waals surface area contributed by atoms with E-state index in [9.17, 15) is 13.6 Å². The van der Waals surface area contributed by atoms with E-state index in [1.54, 1.807) is 7.11 Å². The van der Waals surface area contributed by atoms with Crippen molar-refractivity contribution in [2.75, 3.05) is 27.7 Å². The van der Waals surface area contributed by atoms with Crippen LogP contribution in [0.4, 0.5) is 8.78 Å². The molecule has 0 aliphatic carbocycles. The van der Waals surface area contributed by atoms with Crippen molar-refractivity contribution >= 4 is 5.91 Å². The van der Waals surface area contributed by atoms with Crippen LogP contribution in [-0.2, 0) is 0 Å². The molecule has 2 aromatic carbocycles. The number of hydrogen-bond donors (Lipinski definition) is 1. The monoisotopic (exact) mass is 334 g/mol. The molecule has 0 aliphatic heterocycles. The zero-order valence-electron chi connectivity index (χ0n) is 13.8. The lowest BCUT2D eigenvalue weighted by molar-refractivity contribution is 0.0941. The minimum absolute atomic E-state index is 0.0806. The maximum absolute atomic E-state index is 13.2. The van der Waals surface area contributed by atoms with Gasteiger partial charge in [0.05, 0.1) is 13.2 Å². The summed E-state index contributed by atoms with van der Waals surface area (Å²) >= 11 is 0. The Balaban J connectivity index is 2.10. The fourth-order valence-corrected chi connectivity index (χ4v) is 2.38. The number of methoxy groups -OCH3 is 1. The molecule has 0 spiro atoms. The van der Waals surface area contributed by atoms with E-state index >= 15 is 0 Å². The van der Waals surface area contributed by atoms with Crippen LogP contribution in [0.25, 0.3) is 0 Å². The molecule has 4 nitrogen and oxygen atoms in total. The van der Waals surface area contributed by atoms with Crippen LogP contribution >= 0.6 is 0 Å². The number of carbonyl (C=O) groups excluding carboxylic acids is 1. The van der Waals surface area contributed by atoms with Crippen molar-refractivity contribution in [3.05, 3.63) is 65.2 Å². The summed E-state index contributed by atoms with van der Waals surface area (Å²) in [7, 11) is 5.39. The number of hydrogen-bond acceptors (Lipinski definition) is 3. The number of nitrogens with one attached hydrogen (secondary N) is 1. The van der Waals surface area contributed by atoms with E-state index < -0.39 is 17.5 Å². The molecule has 24 heavy (non-hydrogen) atoms. The van der Waals surface area contributed by atoms with Crippen LogP contribution in [0.3, 0.4) is 0 Å². The van der Waals surface area contributed by atoms with Crippen LogP contribution in [-0.4, -0.2) is 38.6 Å². The van der Waals surface area contributed by atoms with Crippen molar-refractivity contribution in [1.29, 1.82) is 0 Å². The van der Waals surface area contributed by atoms with Crippen LogP contribution in [0.1, 0.15) is 22.0 Å². The summed E-state index contributed by atoms with van der Waals surface area (Å²) < 4.78 is 31.4. The molecule has 2 rings (SSSR count). The van der Waals surface area contributed by atoms with Crippen molar-refractivity contribution in [2.24, 2.45) is 0 Å². The van der Waals surface area contributed by atoms with Crippen molar-refractivity contribution in [1.82, 2.24) is 10.2 Å². The lowest BCUT2D eigenvalue weighted by Gasteiger charge is -2.25. The second-order valence-corrected chi connectivity index (χ2v) is 5.59. The number of ether oxygens (including phenoxy) is 1. The molecular weight excluding hydrogens is 314 g/mol. The minimum atomic E-state index is -1.04. The van der Waals surface area contributed by atoms with Gasteiger partial charge in [-0.1, -0.05) is 12.1 Å². The lowest BCUT2D eigenvalue weighted by atomic mass is 10.1. The Morgan fingerprint density at radius 3 is 2.54 bits per heavy atom. The Labute approximate surface area is 140 Å². The van der Waals surface area contributed by atoms with E-state index in [1.165, 1.54) is 6.07 Å². The predicted molar refractivity (Wildman–Crippen MR) is 88.1 cm³/mol. The second-order valence-electron chi connectivity index (χ2n) is 5.59. The molecule has 0 saturated heterocycles. The highest BCUT2D eigenvalue weighted by Gasteiger charge is 2.17. The highest BCUT2D eigenvalue weighted by atomic mass is 19.2. The Hall–Kier alpha value is -2.47. The first-order chi connectivity index (χ1) is 11.4. The number of benzene rings is 2. The number of halogens is 2. The van der Waals surface area contributed by atoms with Crippen LogP contribution in [0.2, 0.25) is 0 Å². The van der Waals surface area contributed by atoms with Gasteiger partial charge in [0.25, 0.3) is 5.91 Å². The summed E-state index contributed by atoms with van der Waals surface area (Å²) in [5, 5.41) is 2.75. The van der Waals surface area contributed by atoms with Gasteiger partial charge < -0.3 is 15.0 Å². The van der Waals surface area contributed by atoms with Gasteiger partial charge in [0.1, 0.15) is 5.75 Å². The van der Waals surface area contributed by atoms with Crippen LogP contribution in [0, 0.1) is 11.6 Å². The lowest BCUT2D eigenvalue weighted by Crippen LogP contribution is -2.34. The van der Waals surface area contributed by atoms with Gasteiger partial charge in [-0.25, -0.2) is 8.78 Å². The van der Waals surface area contributed by atoms with E-state index in [1.807, 2.05) is 43.3 Å². The Kier molecular flexibility index (Phi) is 5.87. The molecule has 1 N–H and O–H groups in total. The molecule has 0 radical (unpaired) electrons. The Bertz CT molecular complexity index is 720. The molecule has 2 aromatic rings. The van der Waals surface area contributed by atoms with Gasteiger partial charge in [-0.05, 0) is 50.0 Å². The molecule has 0 aromatic heterocycles. The largest absolute Gasteiger partial charge is 0.497 e. The third kappa shape index (κ3) is 4.29. The zero-order valence-corrected chi connectivity index (χ0v) is 13.8. The third-order valence-electron chi connectivity index (χ3n) is 3.74. The number of carbonyl (C=O) groups is 1. The Morgan fingerprint density at radius 2 is 1.92 bits per heavy atom. The number of nitrogens with zero attached hydrogens (tertiary/aromatic N) is 1. The standard InChI is InChI=1S/C18H20F2N2O2/c1-22(2)17(12-5-4-6-14(9-12)24-3)11-21-18(23)13-7-8-15(19)16(20)10-13/h4-10,17H,11H2,1-3H3,(H,21,23). The first kappa shape index (κ1) is 17.9. The normalized spacial score (nSPS) is 12.1. The summed E-state index contributed by atoms with van der Waals surface area (Å²) in [4.78, 5) is 14.1. The summed E-state index contributed by atoms with van der Waals surface area (Å²) in [6, 6.07) is 10.6. The van der Waals surface area contributed by atoms with E-state index in [0.29, 0.717) is 6.54 Å². The highest BCUT2D eigenvalue weighted by molar-refractivity contribution is 5.94. The first-order valence-electron chi connectivity index (χ1n) is 7.46. The van der Waals surface area contributed by atoms with E-state index in [0.717, 1.165) is 23.4 Å². The fourth-order valence-electron chi connectivity index (χ4n) is 2.38. The van der Waals surface area contributed by atoms with Gasteiger partial charge in [0.15, 0.2) is 11.6 Å². The molecular formula is C18H20F2N2O2. The Morgan fingerprint density at radius 1 is 1.17 bits per heavy atom. The summed E-state index contributed by atoms with van der Waals surface area (Å²) in [6.45, 7) is 0.317. The molecule has 1 atom stereocenters. The maximum Gasteiger partial charge on any atom is 0.251 e. The van der Waals surface area contributed by atoms with Gasteiger partial charge >= 0.3 is 0 Å². The van der Waals surface area contributed by atoms with Gasteiger partial charge in [0, 0.05) is 12.1 Å². The first-order valence-corrected chi connectivity index (χ1v) is 7.46. The van der Waals surface area contributed by atoms with Crippen molar-refractivity contribution < 1.29 is 18.3 Å². The van der Waals surface area contributed by atoms with Gasteiger partial charge in [-0.15, -0.1) is 0 Å². The van der Waals surface area contributed by atoms with E-state index in [2.05, 4.69) is 5.32 Å². The van der Waals surface area contributed by atoms with Crippen LogP contribution in [0.5, 0.6) is 5.75 Å². The molecule has 0 heterocycles. The molecule has 0 bridgehead atoms. The molecule has 6 heteroatoms. The molecule has 0 fully saturated rings. The zero-order chi connectivity index (χ0) is 17.7. The molecule has 0 saturated carbocycles. The SMILES string of the molecule is COc1cccc(C(CNC(=O)c2ccc(F)c(F)c2)N(C)C)c1. The van der Waals surface area contributed by atoms with Gasteiger partial charge in [-0.3, -0.25) is 4.79 Å². The molecule has 0 aliphatic rings. The summed E-state index contributed by atoms with van der Waals surface area (Å²) in [6.07, 6.45) is 0. The van der Waals surface area contributed by atoms with Crippen LogP contribution in [0.15, 0.2) is 42.5 Å².